The van der Waals surface area contributed by atoms with E-state index in [2.05, 4.69) is 4.90 Å². The lowest BCUT2D eigenvalue weighted by Crippen LogP contribution is -2.36. The molecule has 4 rings (SSSR count). The number of carboxylic acids is 1. The van der Waals surface area contributed by atoms with Gasteiger partial charge in [-0.25, -0.2) is 9.18 Å². The first-order valence-corrected chi connectivity index (χ1v) is 9.74. The van der Waals surface area contributed by atoms with Crippen LogP contribution in [0, 0.1) is 5.82 Å². The van der Waals surface area contributed by atoms with Crippen molar-refractivity contribution in [2.75, 3.05) is 11.4 Å². The third-order valence-corrected chi connectivity index (χ3v) is 5.61. The molecule has 2 aliphatic rings. The van der Waals surface area contributed by atoms with Crippen LogP contribution in [0.25, 0.3) is 0 Å². The van der Waals surface area contributed by atoms with E-state index >= 15 is 0 Å². The van der Waals surface area contributed by atoms with E-state index in [1.807, 2.05) is 33.9 Å². The Bertz CT molecular complexity index is 855. The van der Waals surface area contributed by atoms with Crippen molar-refractivity contribution in [3.63, 3.8) is 0 Å². The Morgan fingerprint density at radius 2 is 1.83 bits per heavy atom. The van der Waals surface area contributed by atoms with Gasteiger partial charge in [0.25, 0.3) is 0 Å². The fourth-order valence-corrected chi connectivity index (χ4v) is 4.31. The van der Waals surface area contributed by atoms with Crippen molar-refractivity contribution in [1.82, 2.24) is 4.90 Å². The predicted molar refractivity (Wildman–Crippen MR) is 99.1 cm³/mol. The van der Waals surface area contributed by atoms with Gasteiger partial charge in [-0.2, -0.15) is 24.5 Å². The lowest BCUT2D eigenvalue weighted by atomic mass is 10.1. The molecular weight excluding hydrogens is 412 g/mol. The molecule has 2 aromatic rings. The molecule has 2 fully saturated rings. The largest absolute Gasteiger partial charge is 0.490 e. The highest BCUT2D eigenvalue weighted by Crippen LogP contribution is 2.37. The second kappa shape index (κ2) is 8.50. The number of alkyl halides is 3. The molecule has 1 aromatic carbocycles. The summed E-state index contributed by atoms with van der Waals surface area (Å²) in [6.45, 7) is 1.77. The van der Waals surface area contributed by atoms with Crippen molar-refractivity contribution in [1.29, 1.82) is 0 Å². The number of amides is 1. The van der Waals surface area contributed by atoms with E-state index < -0.39 is 12.1 Å². The molecule has 1 aromatic heterocycles. The van der Waals surface area contributed by atoms with E-state index in [4.69, 9.17) is 9.90 Å². The molecule has 0 spiro atoms. The molecule has 3 heterocycles. The number of benzene rings is 1. The van der Waals surface area contributed by atoms with E-state index in [1.165, 1.54) is 12.1 Å². The predicted octanol–water partition coefficient (Wildman–Crippen LogP) is 3.90. The minimum atomic E-state index is -5.08. The Hall–Kier alpha value is -2.46. The van der Waals surface area contributed by atoms with Crippen molar-refractivity contribution < 1.29 is 32.3 Å². The van der Waals surface area contributed by atoms with Crippen LogP contribution < -0.4 is 4.90 Å². The molecule has 0 aliphatic carbocycles. The molecule has 2 saturated heterocycles. The van der Waals surface area contributed by atoms with Crippen LogP contribution in [0.5, 0.6) is 0 Å². The average Bonchev–Trinajstić information content (AvgIpc) is 3.35. The van der Waals surface area contributed by atoms with Gasteiger partial charge in [0.1, 0.15) is 5.82 Å². The van der Waals surface area contributed by atoms with Crippen molar-refractivity contribution in [2.45, 2.75) is 37.6 Å². The van der Waals surface area contributed by atoms with E-state index in [9.17, 15) is 22.4 Å². The molecule has 0 radical (unpaired) electrons. The number of carbonyl (C=O) groups is 2. The van der Waals surface area contributed by atoms with Gasteiger partial charge in [-0.05, 0) is 35.6 Å². The summed E-state index contributed by atoms with van der Waals surface area (Å²) in [6.07, 6.45) is -3.49. The summed E-state index contributed by atoms with van der Waals surface area (Å²) in [7, 11) is 0. The molecule has 0 saturated carbocycles. The molecule has 5 nitrogen and oxygen atoms in total. The number of carbonyl (C=O) groups excluding carboxylic acids is 1. The topological polar surface area (TPSA) is 60.9 Å². The van der Waals surface area contributed by atoms with Crippen LogP contribution in [-0.2, 0) is 16.1 Å². The van der Waals surface area contributed by atoms with Gasteiger partial charge in [0.05, 0.1) is 11.7 Å². The first kappa shape index (κ1) is 21.3. The minimum Gasteiger partial charge on any atom is -0.475 e. The summed E-state index contributed by atoms with van der Waals surface area (Å²) in [4.78, 5) is 25.6. The molecule has 2 aliphatic heterocycles. The molecular formula is C19H18F4N2O3S. The summed E-state index contributed by atoms with van der Waals surface area (Å²) in [5, 5.41) is 11.2. The summed E-state index contributed by atoms with van der Waals surface area (Å²) < 4.78 is 44.7. The van der Waals surface area contributed by atoms with Crippen molar-refractivity contribution >= 4 is 28.9 Å². The average molecular weight is 430 g/mol. The highest BCUT2D eigenvalue weighted by molar-refractivity contribution is 7.08. The SMILES string of the molecule is O=C(O)C(F)(F)F.O=C1C[C@@H]2[C@H](CCN2Cc2ccc(F)cc2)N1c1ccsc1. The van der Waals surface area contributed by atoms with Crippen LogP contribution in [0.3, 0.4) is 0 Å². The summed E-state index contributed by atoms with van der Waals surface area (Å²) >= 11 is 1.62. The number of aliphatic carboxylic acids is 1. The van der Waals surface area contributed by atoms with Crippen molar-refractivity contribution in [3.8, 4) is 0 Å². The van der Waals surface area contributed by atoms with Gasteiger partial charge in [0.2, 0.25) is 5.91 Å². The monoisotopic (exact) mass is 430 g/mol. The Balaban J connectivity index is 0.000000298. The van der Waals surface area contributed by atoms with Crippen molar-refractivity contribution in [2.24, 2.45) is 0 Å². The van der Waals surface area contributed by atoms with Gasteiger partial charge in [0, 0.05) is 30.9 Å². The van der Waals surface area contributed by atoms with E-state index in [1.54, 1.807) is 11.3 Å². The molecule has 1 amide bonds. The number of rotatable bonds is 3. The van der Waals surface area contributed by atoms with Crippen LogP contribution in [0.1, 0.15) is 18.4 Å². The number of anilines is 1. The second-order valence-corrected chi connectivity index (χ2v) is 7.55. The second-order valence-electron chi connectivity index (χ2n) is 6.77. The lowest BCUT2D eigenvalue weighted by Gasteiger charge is -2.24. The Labute approximate surface area is 168 Å². The Morgan fingerprint density at radius 1 is 1.17 bits per heavy atom. The number of halogens is 4. The molecule has 0 bridgehead atoms. The Kier molecular flexibility index (Phi) is 6.23. The van der Waals surface area contributed by atoms with Crippen LogP contribution in [0.2, 0.25) is 0 Å². The number of fused-ring (bicyclic) bond motifs is 1. The number of hydrogen-bond acceptors (Lipinski definition) is 4. The number of carboxylic acid groups (broad SMARTS) is 1. The van der Waals surface area contributed by atoms with Crippen LogP contribution >= 0.6 is 11.3 Å². The maximum absolute atomic E-state index is 13.0. The van der Waals surface area contributed by atoms with E-state index in [0.717, 1.165) is 30.8 Å². The fraction of sp³-hybridized carbons (Fsp3) is 0.368. The van der Waals surface area contributed by atoms with E-state index in [-0.39, 0.29) is 23.8 Å². The number of thiophene rings is 1. The van der Waals surface area contributed by atoms with Gasteiger partial charge in [-0.1, -0.05) is 12.1 Å². The lowest BCUT2D eigenvalue weighted by molar-refractivity contribution is -0.192. The molecule has 10 heteroatoms. The third kappa shape index (κ3) is 4.94. The molecule has 1 N–H and O–H groups in total. The summed E-state index contributed by atoms with van der Waals surface area (Å²) in [6, 6.07) is 9.24. The highest BCUT2D eigenvalue weighted by atomic mass is 32.1. The van der Waals surface area contributed by atoms with Crippen LogP contribution in [0.15, 0.2) is 41.1 Å². The highest BCUT2D eigenvalue weighted by Gasteiger charge is 2.47. The number of likely N-dealkylation sites (tertiary alicyclic amines) is 1. The quantitative estimate of drug-likeness (QED) is 0.751. The normalized spacial score (nSPS) is 21.7. The fourth-order valence-electron chi connectivity index (χ4n) is 3.68. The third-order valence-electron chi connectivity index (χ3n) is 4.94. The maximum Gasteiger partial charge on any atom is 0.490 e. The number of hydrogen-bond donors (Lipinski definition) is 1. The van der Waals surface area contributed by atoms with E-state index in [0.29, 0.717) is 6.42 Å². The van der Waals surface area contributed by atoms with Gasteiger partial charge < -0.3 is 10.0 Å². The summed E-state index contributed by atoms with van der Waals surface area (Å²) in [5.41, 5.74) is 2.13. The zero-order valence-electron chi connectivity index (χ0n) is 15.1. The van der Waals surface area contributed by atoms with Gasteiger partial charge >= 0.3 is 12.1 Å². The minimum absolute atomic E-state index is 0.206. The smallest absolute Gasteiger partial charge is 0.475 e. The van der Waals surface area contributed by atoms with Crippen molar-refractivity contribution in [3.05, 3.63) is 52.5 Å². The first-order chi connectivity index (χ1) is 13.7. The van der Waals surface area contributed by atoms with Crippen LogP contribution in [0.4, 0.5) is 23.2 Å². The molecule has 0 unspecified atom stereocenters. The molecule has 156 valence electrons. The zero-order valence-corrected chi connectivity index (χ0v) is 15.9. The number of nitrogens with zero attached hydrogens (tertiary/aromatic N) is 2. The maximum atomic E-state index is 13.0. The molecule has 2 atom stereocenters. The molecule has 29 heavy (non-hydrogen) atoms. The van der Waals surface area contributed by atoms with Gasteiger partial charge in [-0.3, -0.25) is 9.69 Å². The Morgan fingerprint density at radius 3 is 2.38 bits per heavy atom. The first-order valence-electron chi connectivity index (χ1n) is 8.79. The van der Waals surface area contributed by atoms with Gasteiger partial charge in [-0.15, -0.1) is 0 Å². The zero-order chi connectivity index (χ0) is 21.2. The van der Waals surface area contributed by atoms with Gasteiger partial charge in [0.15, 0.2) is 0 Å². The van der Waals surface area contributed by atoms with Crippen LogP contribution in [-0.4, -0.2) is 46.7 Å². The summed E-state index contributed by atoms with van der Waals surface area (Å²) in [5.74, 6) is -2.74. The standard InChI is InChI=1S/C17H17FN2OS.C2HF3O2/c18-13-3-1-12(2-4-13)10-19-7-5-15-16(19)9-17(21)20(15)14-6-8-22-11-14;3-2(4,5)1(6)7/h1-4,6,8,11,15-16H,5,7,9-10H2;(H,6,7)/t15-,16+;/m0./s1.